The van der Waals surface area contributed by atoms with Crippen LogP contribution in [-0.2, 0) is 11.2 Å². The Morgan fingerprint density at radius 1 is 1.28 bits per heavy atom. The predicted octanol–water partition coefficient (Wildman–Crippen LogP) is 3.08. The number of piperidine rings is 1. The number of rotatable bonds is 4. The Kier molecular flexibility index (Phi) is 8.35. The molecule has 0 saturated carbocycles. The van der Waals surface area contributed by atoms with Crippen molar-refractivity contribution in [1.82, 2.24) is 15.2 Å². The van der Waals surface area contributed by atoms with Crippen molar-refractivity contribution in [3.05, 3.63) is 42.0 Å². The second-order valence-corrected chi connectivity index (χ2v) is 5.81. The molecule has 1 N–H and O–H groups in total. The zero-order chi connectivity index (χ0) is 16.2. The van der Waals surface area contributed by atoms with Gasteiger partial charge in [-0.1, -0.05) is 0 Å². The largest absolute Gasteiger partial charge is 0.444 e. The van der Waals surface area contributed by atoms with Crippen LogP contribution in [0.2, 0.25) is 0 Å². The summed E-state index contributed by atoms with van der Waals surface area (Å²) in [5, 5.41) is 3.29. The van der Waals surface area contributed by atoms with Crippen LogP contribution in [0.5, 0.6) is 0 Å². The van der Waals surface area contributed by atoms with Crippen molar-refractivity contribution in [3.8, 4) is 11.5 Å². The molecule has 1 aliphatic rings. The zero-order valence-corrected chi connectivity index (χ0v) is 15.5. The summed E-state index contributed by atoms with van der Waals surface area (Å²) in [6.45, 7) is 1.89. The van der Waals surface area contributed by atoms with Crippen molar-refractivity contribution in [2.24, 2.45) is 0 Å². The van der Waals surface area contributed by atoms with Gasteiger partial charge in [0.05, 0.1) is 12.1 Å². The molecule has 2 heterocycles. The van der Waals surface area contributed by atoms with E-state index >= 15 is 0 Å². The number of hydrogen-bond acceptors (Lipinski definition) is 4. The van der Waals surface area contributed by atoms with Crippen LogP contribution in [-0.4, -0.2) is 42.0 Å². The number of nitrogens with zero attached hydrogens (tertiary/aromatic N) is 2. The van der Waals surface area contributed by atoms with Gasteiger partial charge in [-0.3, -0.25) is 4.79 Å². The summed E-state index contributed by atoms with van der Waals surface area (Å²) in [7, 11) is 1.85. The maximum Gasteiger partial charge on any atom is 0.228 e. The highest BCUT2D eigenvalue weighted by molar-refractivity contribution is 5.85. The number of nitrogens with one attached hydrogen (secondary N) is 1. The van der Waals surface area contributed by atoms with Gasteiger partial charge in [0.25, 0.3) is 0 Å². The molecule has 1 aromatic heterocycles. The number of benzene rings is 1. The van der Waals surface area contributed by atoms with E-state index in [0.717, 1.165) is 25.9 Å². The number of likely N-dealkylation sites (N-methyl/N-ethyl adjacent to an activating group) is 1. The maximum absolute atomic E-state index is 12.9. The molecule has 138 valence electrons. The highest BCUT2D eigenvalue weighted by Gasteiger charge is 2.22. The van der Waals surface area contributed by atoms with E-state index < -0.39 is 0 Å². The molecule has 0 bridgehead atoms. The molecular formula is C17H22Cl2FN3O2. The summed E-state index contributed by atoms with van der Waals surface area (Å²) in [6.07, 6.45) is 3.65. The first-order valence-corrected chi connectivity index (χ1v) is 7.80. The molecule has 3 rings (SSSR count). The highest BCUT2D eigenvalue weighted by atomic mass is 35.5. The molecule has 0 radical (unpaired) electrons. The molecule has 0 unspecified atom stereocenters. The van der Waals surface area contributed by atoms with E-state index in [4.69, 9.17) is 4.42 Å². The van der Waals surface area contributed by atoms with Crippen LogP contribution in [0.1, 0.15) is 18.5 Å². The zero-order valence-electron chi connectivity index (χ0n) is 13.9. The summed E-state index contributed by atoms with van der Waals surface area (Å²) in [4.78, 5) is 18.5. The Morgan fingerprint density at radius 2 is 1.92 bits per heavy atom. The van der Waals surface area contributed by atoms with Gasteiger partial charge in [0.15, 0.2) is 0 Å². The molecule has 25 heavy (non-hydrogen) atoms. The minimum atomic E-state index is -0.306. The van der Waals surface area contributed by atoms with Gasteiger partial charge in [0.1, 0.15) is 12.1 Å². The molecular weight excluding hydrogens is 368 g/mol. The third kappa shape index (κ3) is 5.42. The molecule has 1 fully saturated rings. The number of oxazole rings is 1. The van der Waals surface area contributed by atoms with Gasteiger partial charge in [-0.25, -0.2) is 9.37 Å². The Bertz CT molecular complexity index is 673. The summed E-state index contributed by atoms with van der Waals surface area (Å²) in [5.74, 6) is 0.132. The molecule has 0 atom stereocenters. The smallest absolute Gasteiger partial charge is 0.228 e. The number of hydrogen-bond donors (Lipinski definition) is 1. The second kappa shape index (κ2) is 9.75. The minimum Gasteiger partial charge on any atom is -0.444 e. The summed E-state index contributed by atoms with van der Waals surface area (Å²) in [6, 6.07) is 6.21. The number of carbonyl (C=O) groups excluding carboxylic acids is 1. The average Bonchev–Trinajstić information content (AvgIpc) is 3.04. The molecule has 1 saturated heterocycles. The van der Waals surface area contributed by atoms with Crippen LogP contribution in [0.15, 0.2) is 34.9 Å². The SMILES string of the molecule is CN(C(=O)Cc1coc(-c2ccc(F)cc2)n1)C1CCNCC1.Cl.Cl. The molecule has 2 aromatic rings. The van der Waals surface area contributed by atoms with Crippen molar-refractivity contribution in [2.45, 2.75) is 25.3 Å². The van der Waals surface area contributed by atoms with Crippen molar-refractivity contribution < 1.29 is 13.6 Å². The first kappa shape index (κ1) is 21.4. The number of halogens is 3. The maximum atomic E-state index is 12.9. The lowest BCUT2D eigenvalue weighted by molar-refractivity contribution is -0.131. The van der Waals surface area contributed by atoms with Gasteiger partial charge in [-0.15, -0.1) is 24.8 Å². The lowest BCUT2D eigenvalue weighted by Gasteiger charge is -2.31. The topological polar surface area (TPSA) is 58.4 Å². The monoisotopic (exact) mass is 389 g/mol. The fraction of sp³-hybridized carbons (Fsp3) is 0.412. The van der Waals surface area contributed by atoms with Gasteiger partial charge in [0, 0.05) is 18.7 Å². The summed E-state index contributed by atoms with van der Waals surface area (Å²) in [5.41, 5.74) is 1.28. The van der Waals surface area contributed by atoms with Crippen molar-refractivity contribution >= 4 is 30.7 Å². The third-order valence-electron chi connectivity index (χ3n) is 4.23. The van der Waals surface area contributed by atoms with Crippen LogP contribution >= 0.6 is 24.8 Å². The summed E-state index contributed by atoms with van der Waals surface area (Å²) >= 11 is 0. The summed E-state index contributed by atoms with van der Waals surface area (Å²) < 4.78 is 18.3. The van der Waals surface area contributed by atoms with Gasteiger partial charge < -0.3 is 14.6 Å². The van der Waals surface area contributed by atoms with E-state index in [1.807, 2.05) is 11.9 Å². The lowest BCUT2D eigenvalue weighted by atomic mass is 10.0. The predicted molar refractivity (Wildman–Crippen MR) is 98.8 cm³/mol. The van der Waals surface area contributed by atoms with Crippen LogP contribution in [0, 0.1) is 5.82 Å². The van der Waals surface area contributed by atoms with E-state index in [-0.39, 0.29) is 49.0 Å². The molecule has 1 amide bonds. The van der Waals surface area contributed by atoms with Crippen LogP contribution in [0.25, 0.3) is 11.5 Å². The standard InChI is InChI=1S/C17H20FN3O2.2ClH/c1-21(15-6-8-19-9-7-15)16(22)10-14-11-23-17(20-14)12-2-4-13(18)5-3-12;;/h2-5,11,15,19H,6-10H2,1H3;2*1H. The molecule has 0 spiro atoms. The van der Waals surface area contributed by atoms with E-state index in [1.54, 1.807) is 12.1 Å². The fourth-order valence-corrected chi connectivity index (χ4v) is 2.79. The van der Waals surface area contributed by atoms with Crippen LogP contribution in [0.3, 0.4) is 0 Å². The third-order valence-corrected chi connectivity index (χ3v) is 4.23. The van der Waals surface area contributed by atoms with Crippen molar-refractivity contribution in [2.75, 3.05) is 20.1 Å². The van der Waals surface area contributed by atoms with Crippen LogP contribution < -0.4 is 5.32 Å². The lowest BCUT2D eigenvalue weighted by Crippen LogP contribution is -2.44. The molecule has 0 aliphatic carbocycles. The van der Waals surface area contributed by atoms with Crippen molar-refractivity contribution in [1.29, 1.82) is 0 Å². The first-order chi connectivity index (χ1) is 11.1. The Labute approximate surface area is 158 Å². The molecule has 8 heteroatoms. The Morgan fingerprint density at radius 3 is 2.56 bits per heavy atom. The first-order valence-electron chi connectivity index (χ1n) is 7.80. The van der Waals surface area contributed by atoms with Gasteiger partial charge in [-0.05, 0) is 50.2 Å². The van der Waals surface area contributed by atoms with E-state index in [1.165, 1.54) is 18.4 Å². The fourth-order valence-electron chi connectivity index (χ4n) is 2.79. The number of carbonyl (C=O) groups is 1. The van der Waals surface area contributed by atoms with Gasteiger partial charge in [0.2, 0.25) is 11.8 Å². The molecule has 1 aromatic carbocycles. The molecule has 5 nitrogen and oxygen atoms in total. The minimum absolute atomic E-state index is 0. The van der Waals surface area contributed by atoms with Crippen molar-refractivity contribution in [3.63, 3.8) is 0 Å². The Balaban J connectivity index is 0.00000156. The Hall–Kier alpha value is -1.63. The average molecular weight is 390 g/mol. The van der Waals surface area contributed by atoms with Gasteiger partial charge in [-0.2, -0.15) is 0 Å². The molecule has 1 aliphatic heterocycles. The van der Waals surface area contributed by atoms with E-state index in [9.17, 15) is 9.18 Å². The quantitative estimate of drug-likeness (QED) is 0.872. The van der Waals surface area contributed by atoms with E-state index in [0.29, 0.717) is 17.1 Å². The normalized spacial score (nSPS) is 14.3. The van der Waals surface area contributed by atoms with E-state index in [2.05, 4.69) is 10.3 Å². The number of amides is 1. The number of aromatic nitrogens is 1. The second-order valence-electron chi connectivity index (χ2n) is 5.81. The van der Waals surface area contributed by atoms with Gasteiger partial charge >= 0.3 is 0 Å². The van der Waals surface area contributed by atoms with Crippen LogP contribution in [0.4, 0.5) is 4.39 Å². The highest BCUT2D eigenvalue weighted by Crippen LogP contribution is 2.20.